The molecule has 24 heavy (non-hydrogen) atoms. The molecular weight excluding hydrogens is 320 g/mol. The van der Waals surface area contributed by atoms with Gasteiger partial charge in [-0.1, -0.05) is 35.9 Å². The maximum absolute atomic E-state index is 9.01. The van der Waals surface area contributed by atoms with Crippen molar-refractivity contribution in [2.75, 3.05) is 19.8 Å². The monoisotopic (exact) mass is 340 g/mol. The Morgan fingerprint density at radius 1 is 1.12 bits per heavy atom. The van der Waals surface area contributed by atoms with E-state index in [-0.39, 0.29) is 5.41 Å². The molecule has 0 spiro atoms. The summed E-state index contributed by atoms with van der Waals surface area (Å²) in [4.78, 5) is 0. The fourth-order valence-corrected chi connectivity index (χ4v) is 3.54. The van der Waals surface area contributed by atoms with Crippen LogP contribution in [0.3, 0.4) is 0 Å². The van der Waals surface area contributed by atoms with Crippen molar-refractivity contribution in [2.24, 2.45) is 0 Å². The number of benzene rings is 2. The lowest BCUT2D eigenvalue weighted by Crippen LogP contribution is -2.42. The lowest BCUT2D eigenvalue weighted by atomic mass is 9.74. The molecule has 0 aromatic heterocycles. The molecule has 0 unspecified atom stereocenters. The first-order valence-corrected chi connectivity index (χ1v) is 8.63. The Kier molecular flexibility index (Phi) is 5.52. The van der Waals surface area contributed by atoms with Gasteiger partial charge < -0.3 is 10.1 Å². The van der Waals surface area contributed by atoms with Gasteiger partial charge in [0.25, 0.3) is 0 Å². The molecule has 3 rings (SSSR count). The Morgan fingerprint density at radius 2 is 1.92 bits per heavy atom. The summed E-state index contributed by atoms with van der Waals surface area (Å²) >= 11 is 6.21. The van der Waals surface area contributed by atoms with Gasteiger partial charge in [0.05, 0.1) is 11.6 Å². The van der Waals surface area contributed by atoms with Crippen LogP contribution >= 0.6 is 11.6 Å². The molecule has 1 N–H and O–H groups in total. The van der Waals surface area contributed by atoms with Gasteiger partial charge in [-0.3, -0.25) is 0 Å². The quantitative estimate of drug-likeness (QED) is 0.893. The summed E-state index contributed by atoms with van der Waals surface area (Å²) < 4.78 is 5.57. The third-order valence-electron chi connectivity index (χ3n) is 4.74. The Hall–Kier alpha value is -1.86. The van der Waals surface area contributed by atoms with Crippen LogP contribution in [0.2, 0.25) is 5.02 Å². The first-order chi connectivity index (χ1) is 11.7. The molecule has 0 aliphatic carbocycles. The topological polar surface area (TPSA) is 45.0 Å². The molecule has 1 fully saturated rings. The zero-order valence-electron chi connectivity index (χ0n) is 13.6. The maximum atomic E-state index is 9.01. The van der Waals surface area contributed by atoms with E-state index in [1.165, 1.54) is 5.56 Å². The minimum absolute atomic E-state index is 0.0516. The second-order valence-corrected chi connectivity index (χ2v) is 6.76. The van der Waals surface area contributed by atoms with Crippen LogP contribution in [0.1, 0.15) is 29.5 Å². The first kappa shape index (κ1) is 17.0. The van der Waals surface area contributed by atoms with Crippen molar-refractivity contribution in [1.29, 1.82) is 5.26 Å². The Morgan fingerprint density at radius 3 is 2.67 bits per heavy atom. The third-order valence-corrected chi connectivity index (χ3v) is 4.97. The van der Waals surface area contributed by atoms with Crippen LogP contribution in [0, 0.1) is 11.3 Å². The highest BCUT2D eigenvalue weighted by atomic mass is 35.5. The predicted molar refractivity (Wildman–Crippen MR) is 96.0 cm³/mol. The molecule has 0 radical (unpaired) electrons. The van der Waals surface area contributed by atoms with Gasteiger partial charge in [-0.05, 0) is 48.2 Å². The van der Waals surface area contributed by atoms with E-state index in [0.29, 0.717) is 5.56 Å². The Bertz CT molecular complexity index is 732. The van der Waals surface area contributed by atoms with E-state index < -0.39 is 0 Å². The molecule has 3 nitrogen and oxygen atoms in total. The number of rotatable bonds is 5. The van der Waals surface area contributed by atoms with Crippen LogP contribution in [0.5, 0.6) is 0 Å². The van der Waals surface area contributed by atoms with E-state index in [1.807, 2.05) is 36.4 Å². The second-order valence-electron chi connectivity index (χ2n) is 6.32. The van der Waals surface area contributed by atoms with Crippen LogP contribution in [0.4, 0.5) is 0 Å². The molecule has 1 heterocycles. The van der Waals surface area contributed by atoms with Gasteiger partial charge in [-0.15, -0.1) is 0 Å². The molecule has 124 valence electrons. The molecule has 1 saturated heterocycles. The fourth-order valence-electron chi connectivity index (χ4n) is 3.34. The van der Waals surface area contributed by atoms with Crippen molar-refractivity contribution in [3.05, 3.63) is 70.2 Å². The summed E-state index contributed by atoms with van der Waals surface area (Å²) in [5.74, 6) is 0. The van der Waals surface area contributed by atoms with Gasteiger partial charge in [0.15, 0.2) is 0 Å². The molecule has 0 amide bonds. The van der Waals surface area contributed by atoms with Crippen LogP contribution in [0.25, 0.3) is 0 Å². The van der Waals surface area contributed by atoms with Gasteiger partial charge in [0, 0.05) is 36.7 Å². The number of nitrogens with zero attached hydrogens (tertiary/aromatic N) is 1. The highest BCUT2D eigenvalue weighted by molar-refractivity contribution is 6.30. The third kappa shape index (κ3) is 3.96. The Balaban J connectivity index is 1.72. The lowest BCUT2D eigenvalue weighted by Gasteiger charge is -2.38. The minimum Gasteiger partial charge on any atom is -0.381 e. The van der Waals surface area contributed by atoms with Crippen molar-refractivity contribution < 1.29 is 4.74 Å². The van der Waals surface area contributed by atoms with Gasteiger partial charge in [-0.25, -0.2) is 0 Å². The number of ether oxygens (including phenoxy) is 1. The molecule has 2 aromatic carbocycles. The summed E-state index contributed by atoms with van der Waals surface area (Å²) in [7, 11) is 0. The number of halogens is 1. The zero-order valence-corrected chi connectivity index (χ0v) is 14.4. The van der Waals surface area contributed by atoms with Crippen molar-refractivity contribution >= 4 is 11.6 Å². The highest BCUT2D eigenvalue weighted by Gasteiger charge is 2.34. The first-order valence-electron chi connectivity index (χ1n) is 8.25. The normalized spacial score (nSPS) is 16.5. The summed E-state index contributed by atoms with van der Waals surface area (Å²) in [5, 5.41) is 13.4. The number of hydrogen-bond donors (Lipinski definition) is 1. The number of nitriles is 1. The fraction of sp³-hybridized carbons (Fsp3) is 0.350. The molecule has 1 aliphatic heterocycles. The zero-order chi connectivity index (χ0) is 16.8. The van der Waals surface area contributed by atoms with Crippen LogP contribution in [-0.2, 0) is 16.7 Å². The molecule has 0 atom stereocenters. The molecular formula is C20H21ClN2O. The van der Waals surface area contributed by atoms with Crippen LogP contribution in [-0.4, -0.2) is 19.8 Å². The lowest BCUT2D eigenvalue weighted by molar-refractivity contribution is 0.0498. The van der Waals surface area contributed by atoms with E-state index in [2.05, 4.69) is 23.5 Å². The Labute approximate surface area is 148 Å². The second kappa shape index (κ2) is 7.81. The molecule has 1 aliphatic rings. The van der Waals surface area contributed by atoms with Gasteiger partial charge in [0.2, 0.25) is 0 Å². The molecule has 4 heteroatoms. The van der Waals surface area contributed by atoms with Crippen LogP contribution in [0.15, 0.2) is 48.5 Å². The van der Waals surface area contributed by atoms with Crippen molar-refractivity contribution in [3.8, 4) is 6.07 Å². The van der Waals surface area contributed by atoms with Crippen molar-refractivity contribution in [1.82, 2.24) is 5.32 Å². The number of hydrogen-bond acceptors (Lipinski definition) is 3. The SMILES string of the molecule is N#Cc1cccc(CNCC2(c3cccc(Cl)c3)CCOCC2)c1. The average Bonchev–Trinajstić information content (AvgIpc) is 2.63. The predicted octanol–water partition coefficient (Wildman–Crippen LogP) is 4.05. The summed E-state index contributed by atoms with van der Waals surface area (Å²) in [6.07, 6.45) is 1.97. The van der Waals surface area contributed by atoms with E-state index in [4.69, 9.17) is 21.6 Å². The largest absolute Gasteiger partial charge is 0.381 e. The van der Waals surface area contributed by atoms with Gasteiger partial charge >= 0.3 is 0 Å². The van der Waals surface area contributed by atoms with E-state index >= 15 is 0 Å². The van der Waals surface area contributed by atoms with Crippen molar-refractivity contribution in [3.63, 3.8) is 0 Å². The van der Waals surface area contributed by atoms with E-state index in [0.717, 1.165) is 49.7 Å². The van der Waals surface area contributed by atoms with E-state index in [1.54, 1.807) is 0 Å². The molecule has 0 bridgehead atoms. The maximum Gasteiger partial charge on any atom is 0.0991 e. The highest BCUT2D eigenvalue weighted by Crippen LogP contribution is 2.35. The van der Waals surface area contributed by atoms with Crippen LogP contribution < -0.4 is 5.32 Å². The molecule has 2 aromatic rings. The van der Waals surface area contributed by atoms with Gasteiger partial charge in [0.1, 0.15) is 0 Å². The van der Waals surface area contributed by atoms with Gasteiger partial charge in [-0.2, -0.15) is 5.26 Å². The molecule has 0 saturated carbocycles. The standard InChI is InChI=1S/C20H21ClN2O/c21-19-6-2-5-18(12-19)20(7-9-24-10-8-20)15-23-14-17-4-1-3-16(11-17)13-22/h1-6,11-12,23H,7-10,14-15H2. The summed E-state index contributed by atoms with van der Waals surface area (Å²) in [6.45, 7) is 3.17. The van der Waals surface area contributed by atoms with E-state index in [9.17, 15) is 0 Å². The summed E-state index contributed by atoms with van der Waals surface area (Å²) in [5.41, 5.74) is 3.15. The summed E-state index contributed by atoms with van der Waals surface area (Å²) in [6, 6.07) is 18.1. The average molecular weight is 341 g/mol. The number of nitrogens with one attached hydrogen (secondary N) is 1. The van der Waals surface area contributed by atoms with Crippen molar-refractivity contribution in [2.45, 2.75) is 24.8 Å². The minimum atomic E-state index is 0.0516. The smallest absolute Gasteiger partial charge is 0.0991 e.